The van der Waals surface area contributed by atoms with E-state index in [4.69, 9.17) is 10.8 Å². The Hall–Kier alpha value is -2.08. The highest BCUT2D eigenvalue weighted by Gasteiger charge is 2.11. The van der Waals surface area contributed by atoms with Gasteiger partial charge in [0.2, 0.25) is 11.9 Å². The number of aromatic amines is 1. The largest absolute Gasteiger partial charge is 0.395 e. The van der Waals surface area contributed by atoms with Gasteiger partial charge >= 0.3 is 0 Å². The van der Waals surface area contributed by atoms with E-state index in [1.807, 2.05) is 35.2 Å². The second-order valence-corrected chi connectivity index (χ2v) is 3.65. The number of aliphatic hydroxyl groups is 1. The van der Waals surface area contributed by atoms with Gasteiger partial charge in [0.15, 0.2) is 0 Å². The van der Waals surface area contributed by atoms with Crippen molar-refractivity contribution in [3.8, 4) is 0 Å². The highest BCUT2D eigenvalue weighted by molar-refractivity contribution is 5.35. The number of aliphatic hydroxyl groups excluding tert-OH is 1. The Kier molecular flexibility index (Phi) is 3.56. The summed E-state index contributed by atoms with van der Waals surface area (Å²) in [5, 5.41) is 15.6. The van der Waals surface area contributed by atoms with Crippen molar-refractivity contribution in [2.24, 2.45) is 0 Å². The van der Waals surface area contributed by atoms with Gasteiger partial charge in [0, 0.05) is 13.1 Å². The maximum Gasteiger partial charge on any atom is 0.246 e. The summed E-state index contributed by atoms with van der Waals surface area (Å²) in [7, 11) is 0. The molecule has 4 N–H and O–H groups in total. The maximum atomic E-state index is 9.04. The molecule has 1 aromatic heterocycles. The molecule has 0 amide bonds. The summed E-state index contributed by atoms with van der Waals surface area (Å²) in [6.45, 7) is 1.14. The summed E-state index contributed by atoms with van der Waals surface area (Å²) < 4.78 is 0. The molecule has 0 spiro atoms. The van der Waals surface area contributed by atoms with Crippen LogP contribution in [0.4, 0.5) is 11.9 Å². The standard InChI is InChI=1S/C11H15N5O/c12-10-13-11(15-14-10)16(6-7-17)8-9-4-2-1-3-5-9/h1-5,17H,6-8H2,(H3,12,13,14,15). The van der Waals surface area contributed by atoms with Crippen LogP contribution in [0.25, 0.3) is 0 Å². The molecule has 0 bridgehead atoms. The zero-order chi connectivity index (χ0) is 12.1. The first-order chi connectivity index (χ1) is 8.29. The van der Waals surface area contributed by atoms with Crippen LogP contribution >= 0.6 is 0 Å². The molecule has 0 saturated heterocycles. The number of nitrogens with one attached hydrogen (secondary N) is 1. The Balaban J connectivity index is 2.13. The van der Waals surface area contributed by atoms with E-state index in [2.05, 4.69) is 15.2 Å². The molecule has 6 heteroatoms. The molecule has 0 radical (unpaired) electrons. The van der Waals surface area contributed by atoms with E-state index >= 15 is 0 Å². The van der Waals surface area contributed by atoms with Crippen molar-refractivity contribution in [1.29, 1.82) is 0 Å². The first kappa shape index (κ1) is 11.4. The van der Waals surface area contributed by atoms with Crippen LogP contribution in [0.3, 0.4) is 0 Å². The molecule has 90 valence electrons. The van der Waals surface area contributed by atoms with E-state index in [0.717, 1.165) is 5.56 Å². The van der Waals surface area contributed by atoms with Crippen LogP contribution < -0.4 is 10.6 Å². The summed E-state index contributed by atoms with van der Waals surface area (Å²) in [4.78, 5) is 5.92. The summed E-state index contributed by atoms with van der Waals surface area (Å²) in [5.41, 5.74) is 6.62. The Labute approximate surface area is 99.1 Å². The average molecular weight is 233 g/mol. The lowest BCUT2D eigenvalue weighted by Gasteiger charge is -2.19. The monoisotopic (exact) mass is 233 g/mol. The van der Waals surface area contributed by atoms with Crippen LogP contribution in [0.5, 0.6) is 0 Å². The van der Waals surface area contributed by atoms with Gasteiger partial charge in [-0.3, -0.25) is 0 Å². The predicted octanol–water partition coefficient (Wildman–Crippen LogP) is 0.386. The van der Waals surface area contributed by atoms with Crippen LogP contribution in [-0.2, 0) is 6.54 Å². The second kappa shape index (κ2) is 5.31. The maximum absolute atomic E-state index is 9.04. The summed E-state index contributed by atoms with van der Waals surface area (Å²) in [6, 6.07) is 9.93. The lowest BCUT2D eigenvalue weighted by molar-refractivity contribution is 0.301. The van der Waals surface area contributed by atoms with Crippen molar-refractivity contribution in [2.75, 3.05) is 23.8 Å². The number of benzene rings is 1. The van der Waals surface area contributed by atoms with Crippen molar-refractivity contribution in [3.63, 3.8) is 0 Å². The van der Waals surface area contributed by atoms with Crippen LogP contribution in [0.15, 0.2) is 30.3 Å². The number of hydrogen-bond donors (Lipinski definition) is 3. The van der Waals surface area contributed by atoms with Gasteiger partial charge in [0.05, 0.1) is 6.61 Å². The van der Waals surface area contributed by atoms with Gasteiger partial charge in [-0.2, -0.15) is 4.98 Å². The molecule has 1 aromatic carbocycles. The molecule has 6 nitrogen and oxygen atoms in total. The zero-order valence-electron chi connectivity index (χ0n) is 9.37. The second-order valence-electron chi connectivity index (χ2n) is 3.65. The Morgan fingerprint density at radius 2 is 2.06 bits per heavy atom. The van der Waals surface area contributed by atoms with Crippen LogP contribution in [0, 0.1) is 0 Å². The van der Waals surface area contributed by atoms with Gasteiger partial charge in [-0.15, -0.1) is 5.10 Å². The first-order valence-electron chi connectivity index (χ1n) is 5.37. The fourth-order valence-electron chi connectivity index (χ4n) is 1.58. The van der Waals surface area contributed by atoms with Crippen LogP contribution in [0.2, 0.25) is 0 Å². The van der Waals surface area contributed by atoms with Crippen molar-refractivity contribution in [2.45, 2.75) is 6.54 Å². The SMILES string of the molecule is Nc1nc(N(CCO)Cc2ccccc2)n[nH]1. The van der Waals surface area contributed by atoms with Crippen LogP contribution in [-0.4, -0.2) is 33.4 Å². The molecule has 0 saturated carbocycles. The minimum atomic E-state index is 0.0429. The predicted molar refractivity (Wildman–Crippen MR) is 65.4 cm³/mol. The smallest absolute Gasteiger partial charge is 0.246 e. The number of rotatable bonds is 5. The van der Waals surface area contributed by atoms with Gasteiger partial charge in [0.1, 0.15) is 0 Å². The first-order valence-corrected chi connectivity index (χ1v) is 5.37. The fraction of sp³-hybridized carbons (Fsp3) is 0.273. The lowest BCUT2D eigenvalue weighted by Crippen LogP contribution is -2.27. The minimum absolute atomic E-state index is 0.0429. The molecule has 0 fully saturated rings. The van der Waals surface area contributed by atoms with E-state index in [0.29, 0.717) is 19.0 Å². The topological polar surface area (TPSA) is 91.1 Å². The summed E-state index contributed by atoms with van der Waals surface area (Å²) in [6.07, 6.45) is 0. The van der Waals surface area contributed by atoms with E-state index in [-0.39, 0.29) is 12.6 Å². The van der Waals surface area contributed by atoms with Gasteiger partial charge in [-0.05, 0) is 5.56 Å². The lowest BCUT2D eigenvalue weighted by atomic mass is 10.2. The van der Waals surface area contributed by atoms with E-state index in [1.54, 1.807) is 0 Å². The molecule has 0 atom stereocenters. The van der Waals surface area contributed by atoms with Gasteiger partial charge in [-0.1, -0.05) is 30.3 Å². The number of hydrogen-bond acceptors (Lipinski definition) is 5. The molecule has 0 aliphatic heterocycles. The number of anilines is 2. The Morgan fingerprint density at radius 1 is 1.29 bits per heavy atom. The Bertz CT molecular complexity index is 456. The summed E-state index contributed by atoms with van der Waals surface area (Å²) in [5.74, 6) is 0.774. The molecular formula is C11H15N5O. The third-order valence-corrected chi connectivity index (χ3v) is 2.36. The fourth-order valence-corrected chi connectivity index (χ4v) is 1.58. The number of nitrogens with zero attached hydrogens (tertiary/aromatic N) is 3. The van der Waals surface area contributed by atoms with E-state index in [9.17, 15) is 0 Å². The highest BCUT2D eigenvalue weighted by Crippen LogP contribution is 2.12. The van der Waals surface area contributed by atoms with E-state index < -0.39 is 0 Å². The van der Waals surface area contributed by atoms with Crippen molar-refractivity contribution in [3.05, 3.63) is 35.9 Å². The normalized spacial score (nSPS) is 10.4. The van der Waals surface area contributed by atoms with Gasteiger partial charge < -0.3 is 15.7 Å². The quantitative estimate of drug-likeness (QED) is 0.694. The number of nitrogens with two attached hydrogens (primary N) is 1. The molecule has 0 unspecified atom stereocenters. The molecule has 1 heterocycles. The highest BCUT2D eigenvalue weighted by atomic mass is 16.3. The molecule has 17 heavy (non-hydrogen) atoms. The molecule has 0 aliphatic carbocycles. The average Bonchev–Trinajstić information content (AvgIpc) is 2.77. The van der Waals surface area contributed by atoms with Crippen molar-refractivity contribution in [1.82, 2.24) is 15.2 Å². The minimum Gasteiger partial charge on any atom is -0.395 e. The third kappa shape index (κ3) is 2.94. The number of nitrogen functional groups attached to an aromatic ring is 1. The van der Waals surface area contributed by atoms with Gasteiger partial charge in [0.25, 0.3) is 0 Å². The van der Waals surface area contributed by atoms with E-state index in [1.165, 1.54) is 0 Å². The Morgan fingerprint density at radius 3 is 2.65 bits per heavy atom. The molecular weight excluding hydrogens is 218 g/mol. The van der Waals surface area contributed by atoms with Crippen LogP contribution in [0.1, 0.15) is 5.56 Å². The zero-order valence-corrected chi connectivity index (χ0v) is 9.37. The van der Waals surface area contributed by atoms with Gasteiger partial charge in [-0.25, -0.2) is 5.10 Å². The summed E-state index contributed by atoms with van der Waals surface area (Å²) >= 11 is 0. The number of aromatic nitrogens is 3. The molecule has 2 rings (SSSR count). The van der Waals surface area contributed by atoms with Crippen molar-refractivity contribution >= 4 is 11.9 Å². The third-order valence-electron chi connectivity index (χ3n) is 2.36. The van der Waals surface area contributed by atoms with Crippen molar-refractivity contribution < 1.29 is 5.11 Å². The number of H-pyrrole nitrogens is 1. The molecule has 0 aliphatic rings. The molecule has 2 aromatic rings.